The summed E-state index contributed by atoms with van der Waals surface area (Å²) in [5.74, 6) is 0. The maximum absolute atomic E-state index is 12.0. The fraction of sp³-hybridized carbons (Fsp3) is 0.667. The van der Waals surface area contributed by atoms with Crippen LogP contribution in [0.5, 0.6) is 0 Å². The molecular weight excluding hydrogens is 272 g/mol. The van der Waals surface area contributed by atoms with Gasteiger partial charge in [-0.1, -0.05) is 6.07 Å². The highest BCUT2D eigenvalue weighted by atomic mass is 32.1. The molecule has 1 amide bonds. The molecule has 1 aliphatic heterocycles. The Labute approximate surface area is 125 Å². The van der Waals surface area contributed by atoms with Gasteiger partial charge in [0.25, 0.3) is 0 Å². The van der Waals surface area contributed by atoms with Crippen LogP contribution in [0.15, 0.2) is 17.5 Å². The predicted molar refractivity (Wildman–Crippen MR) is 82.1 cm³/mol. The van der Waals surface area contributed by atoms with Crippen molar-refractivity contribution in [3.63, 3.8) is 0 Å². The van der Waals surface area contributed by atoms with Gasteiger partial charge in [-0.2, -0.15) is 0 Å². The third kappa shape index (κ3) is 3.96. The average Bonchev–Trinajstić information content (AvgIpc) is 2.90. The summed E-state index contributed by atoms with van der Waals surface area (Å²) in [5.41, 5.74) is -0.418. The Morgan fingerprint density at radius 2 is 1.95 bits per heavy atom. The molecule has 0 spiro atoms. The van der Waals surface area contributed by atoms with Gasteiger partial charge < -0.3 is 9.64 Å². The maximum Gasteiger partial charge on any atom is 0.410 e. The van der Waals surface area contributed by atoms with E-state index in [1.807, 2.05) is 25.7 Å². The van der Waals surface area contributed by atoms with Gasteiger partial charge >= 0.3 is 6.09 Å². The number of hydrogen-bond donors (Lipinski definition) is 0. The van der Waals surface area contributed by atoms with Crippen molar-refractivity contribution in [1.82, 2.24) is 9.80 Å². The van der Waals surface area contributed by atoms with Crippen LogP contribution in [0.4, 0.5) is 4.79 Å². The fourth-order valence-corrected chi connectivity index (χ4v) is 3.14. The lowest BCUT2D eigenvalue weighted by Crippen LogP contribution is -2.50. The van der Waals surface area contributed by atoms with E-state index >= 15 is 0 Å². The Hall–Kier alpha value is -1.07. The third-order valence-electron chi connectivity index (χ3n) is 3.47. The van der Waals surface area contributed by atoms with Gasteiger partial charge in [0.15, 0.2) is 0 Å². The lowest BCUT2D eigenvalue weighted by molar-refractivity contribution is 0.0112. The van der Waals surface area contributed by atoms with Crippen LogP contribution in [-0.2, 0) is 4.74 Å². The standard InChI is InChI=1S/C15H24N2O2S/c1-12(13-6-5-11-20-13)16-7-9-17(10-8-16)14(18)19-15(2,3)4/h5-6,11-12H,7-10H2,1-4H3/t12-/m0/s1. The molecule has 0 aliphatic carbocycles. The van der Waals surface area contributed by atoms with Gasteiger partial charge in [0.05, 0.1) is 0 Å². The van der Waals surface area contributed by atoms with Crippen LogP contribution in [0, 0.1) is 0 Å². The van der Waals surface area contributed by atoms with E-state index in [1.165, 1.54) is 4.88 Å². The Balaban J connectivity index is 1.85. The molecule has 5 heteroatoms. The number of piperazine rings is 1. The Kier molecular flexibility index (Phi) is 4.70. The first-order valence-corrected chi connectivity index (χ1v) is 8.00. The highest BCUT2D eigenvalue weighted by Crippen LogP contribution is 2.25. The van der Waals surface area contributed by atoms with Crippen molar-refractivity contribution in [2.45, 2.75) is 39.3 Å². The summed E-state index contributed by atoms with van der Waals surface area (Å²) in [7, 11) is 0. The highest BCUT2D eigenvalue weighted by Gasteiger charge is 2.28. The number of ether oxygens (including phenoxy) is 1. The van der Waals surface area contributed by atoms with Crippen LogP contribution < -0.4 is 0 Å². The summed E-state index contributed by atoms with van der Waals surface area (Å²) in [6.45, 7) is 11.2. The molecule has 1 saturated heterocycles. The van der Waals surface area contributed by atoms with Crippen molar-refractivity contribution in [2.24, 2.45) is 0 Å². The molecule has 4 nitrogen and oxygen atoms in total. The second-order valence-corrected chi connectivity index (χ2v) is 7.17. The zero-order valence-electron chi connectivity index (χ0n) is 12.8. The van der Waals surface area contributed by atoms with Gasteiger partial charge in [-0.25, -0.2) is 4.79 Å². The smallest absolute Gasteiger partial charge is 0.410 e. The second kappa shape index (κ2) is 6.14. The first-order valence-electron chi connectivity index (χ1n) is 7.12. The van der Waals surface area contributed by atoms with Crippen molar-refractivity contribution in [2.75, 3.05) is 26.2 Å². The molecule has 1 aliphatic rings. The van der Waals surface area contributed by atoms with Crippen molar-refractivity contribution < 1.29 is 9.53 Å². The predicted octanol–water partition coefficient (Wildman–Crippen LogP) is 3.36. The van der Waals surface area contributed by atoms with E-state index in [-0.39, 0.29) is 6.09 Å². The van der Waals surface area contributed by atoms with Crippen LogP contribution in [-0.4, -0.2) is 47.7 Å². The van der Waals surface area contributed by atoms with Gasteiger partial charge in [0, 0.05) is 37.1 Å². The number of rotatable bonds is 2. The van der Waals surface area contributed by atoms with E-state index in [9.17, 15) is 4.79 Å². The fourth-order valence-electron chi connectivity index (χ4n) is 2.33. The Morgan fingerprint density at radius 1 is 1.30 bits per heavy atom. The van der Waals surface area contributed by atoms with Gasteiger partial charge in [0.2, 0.25) is 0 Å². The summed E-state index contributed by atoms with van der Waals surface area (Å²) >= 11 is 1.79. The zero-order valence-corrected chi connectivity index (χ0v) is 13.6. The van der Waals surface area contributed by atoms with E-state index in [1.54, 1.807) is 11.3 Å². The van der Waals surface area contributed by atoms with Crippen molar-refractivity contribution >= 4 is 17.4 Å². The molecule has 1 atom stereocenters. The number of amides is 1. The zero-order chi connectivity index (χ0) is 14.8. The average molecular weight is 296 g/mol. The van der Waals surface area contributed by atoms with Crippen molar-refractivity contribution in [1.29, 1.82) is 0 Å². The van der Waals surface area contributed by atoms with Gasteiger partial charge in [-0.05, 0) is 39.1 Å². The molecule has 0 unspecified atom stereocenters. The second-order valence-electron chi connectivity index (χ2n) is 6.19. The summed E-state index contributed by atoms with van der Waals surface area (Å²) in [6, 6.07) is 4.69. The lowest BCUT2D eigenvalue weighted by Gasteiger charge is -2.38. The lowest BCUT2D eigenvalue weighted by atomic mass is 10.2. The molecule has 1 fully saturated rings. The third-order valence-corrected chi connectivity index (χ3v) is 4.51. The van der Waals surface area contributed by atoms with Crippen LogP contribution in [0.2, 0.25) is 0 Å². The van der Waals surface area contributed by atoms with E-state index < -0.39 is 5.60 Å². The van der Waals surface area contributed by atoms with Crippen LogP contribution >= 0.6 is 11.3 Å². The van der Waals surface area contributed by atoms with E-state index in [2.05, 4.69) is 29.3 Å². The molecule has 0 bridgehead atoms. The maximum atomic E-state index is 12.0. The molecule has 20 heavy (non-hydrogen) atoms. The first-order chi connectivity index (χ1) is 9.37. The van der Waals surface area contributed by atoms with Gasteiger partial charge in [0.1, 0.15) is 5.60 Å². The van der Waals surface area contributed by atoms with Crippen molar-refractivity contribution in [3.05, 3.63) is 22.4 Å². The molecule has 2 heterocycles. The molecule has 2 rings (SSSR count). The number of carbonyl (C=O) groups excluding carboxylic acids is 1. The Bertz CT molecular complexity index is 431. The molecule has 0 radical (unpaired) electrons. The largest absolute Gasteiger partial charge is 0.444 e. The summed E-state index contributed by atoms with van der Waals surface area (Å²) < 4.78 is 5.42. The first kappa shape index (κ1) is 15.3. The van der Waals surface area contributed by atoms with Crippen LogP contribution in [0.25, 0.3) is 0 Å². The van der Waals surface area contributed by atoms with Crippen LogP contribution in [0.3, 0.4) is 0 Å². The molecule has 0 saturated carbocycles. The molecule has 1 aromatic rings. The Morgan fingerprint density at radius 3 is 2.45 bits per heavy atom. The minimum absolute atomic E-state index is 0.194. The minimum Gasteiger partial charge on any atom is -0.444 e. The summed E-state index contributed by atoms with van der Waals surface area (Å²) in [5, 5.41) is 2.11. The normalized spacial score (nSPS) is 18.9. The molecular formula is C15H24N2O2S. The molecule has 1 aromatic heterocycles. The molecule has 0 N–H and O–H groups in total. The SMILES string of the molecule is C[C@@H](c1cccs1)N1CCN(C(=O)OC(C)(C)C)CC1. The topological polar surface area (TPSA) is 32.8 Å². The number of nitrogens with zero attached hydrogens (tertiary/aromatic N) is 2. The van der Waals surface area contributed by atoms with E-state index in [4.69, 9.17) is 4.74 Å². The molecule has 112 valence electrons. The van der Waals surface area contributed by atoms with Gasteiger partial charge in [-0.15, -0.1) is 11.3 Å². The number of hydrogen-bond acceptors (Lipinski definition) is 4. The number of carbonyl (C=O) groups is 1. The quantitative estimate of drug-likeness (QED) is 0.839. The minimum atomic E-state index is -0.418. The van der Waals surface area contributed by atoms with Crippen LogP contribution in [0.1, 0.15) is 38.6 Å². The van der Waals surface area contributed by atoms with Crippen molar-refractivity contribution in [3.8, 4) is 0 Å². The van der Waals surface area contributed by atoms with Gasteiger partial charge in [-0.3, -0.25) is 4.90 Å². The summed E-state index contributed by atoms with van der Waals surface area (Å²) in [6.07, 6.45) is -0.194. The van der Waals surface area contributed by atoms with E-state index in [0.29, 0.717) is 6.04 Å². The number of thiophene rings is 1. The molecule has 0 aromatic carbocycles. The van der Waals surface area contributed by atoms with E-state index in [0.717, 1.165) is 26.2 Å². The monoisotopic (exact) mass is 296 g/mol. The summed E-state index contributed by atoms with van der Waals surface area (Å²) in [4.78, 5) is 17.6. The highest BCUT2D eigenvalue weighted by molar-refractivity contribution is 7.10.